The Labute approximate surface area is 158 Å². The molecule has 4 rings (SSSR count). The van der Waals surface area contributed by atoms with Gasteiger partial charge in [0, 0.05) is 12.7 Å². The Bertz CT molecular complexity index is 863. The largest absolute Gasteiger partial charge is 0.350 e. The molecule has 2 aliphatic heterocycles. The molecule has 0 fully saturated rings. The van der Waals surface area contributed by atoms with Gasteiger partial charge >= 0.3 is 5.79 Å². The van der Waals surface area contributed by atoms with E-state index in [0.29, 0.717) is 0 Å². The number of allylic oxidation sites excluding steroid dienone is 2. The molecule has 2 aliphatic rings. The van der Waals surface area contributed by atoms with Gasteiger partial charge in [-0.2, -0.15) is 0 Å². The maximum absolute atomic E-state index is 8.49. The summed E-state index contributed by atoms with van der Waals surface area (Å²) in [5.41, 5.74) is 3.28. The van der Waals surface area contributed by atoms with Crippen LogP contribution in [0, 0.1) is 10.2 Å². The van der Waals surface area contributed by atoms with Crippen LogP contribution in [0.25, 0.3) is 5.70 Å². The van der Waals surface area contributed by atoms with Crippen molar-refractivity contribution < 1.29 is 33.4 Å². The van der Waals surface area contributed by atoms with E-state index in [1.807, 2.05) is 36.9 Å². The number of pyridine rings is 1. The molecular weight excluding hydrogens is 374 g/mol. The highest BCUT2D eigenvalue weighted by Gasteiger charge is 2.59. The van der Waals surface area contributed by atoms with Gasteiger partial charge in [0.25, 0.3) is 5.69 Å². The van der Waals surface area contributed by atoms with Gasteiger partial charge in [-0.25, -0.2) is 23.5 Å². The van der Waals surface area contributed by atoms with Crippen molar-refractivity contribution in [1.82, 2.24) is 19.8 Å². The predicted molar refractivity (Wildman–Crippen MR) is 83.3 cm³/mol. The predicted octanol–water partition coefficient (Wildman–Crippen LogP) is -3.55. The summed E-state index contributed by atoms with van der Waals surface area (Å²) in [5.74, 6) is -0.476. The van der Waals surface area contributed by atoms with Crippen LogP contribution in [0.2, 0.25) is 0 Å². The maximum Gasteiger partial charge on any atom is 0.350 e. The van der Waals surface area contributed by atoms with Crippen LogP contribution < -0.4 is 23.2 Å². The molecule has 0 amide bonds. The standard InChI is InChI=1S/C17H18N5.ClHO4/c1-20(2)17(16-8-3-5-9-19-16)21-11-6-4-7-14(21)15-13-18-10-12-22(15)17;2-1(3,4)5/h3-10,12-13H,11H2,1-2H3;(H,2,3,4,5)/q+1;/p-1. The zero-order valence-corrected chi connectivity index (χ0v) is 15.5. The number of halogens is 1. The SMILES string of the molecule is CN(C)C1(c2ccccn2)N2CC=CC=C2c2cncc[n+]21.[O-][Cl+3]([O-])([O-])[O-]. The van der Waals surface area contributed by atoms with E-state index in [1.54, 1.807) is 0 Å². The molecule has 0 aliphatic carbocycles. The first-order chi connectivity index (χ1) is 12.8. The highest BCUT2D eigenvalue weighted by atomic mass is 35.7. The number of fused-ring (bicyclic) bond motifs is 3. The van der Waals surface area contributed by atoms with Gasteiger partial charge in [0.05, 0.1) is 6.20 Å². The van der Waals surface area contributed by atoms with Crippen LogP contribution >= 0.6 is 0 Å². The lowest BCUT2D eigenvalue weighted by molar-refractivity contribution is -2.00. The minimum atomic E-state index is -4.94. The van der Waals surface area contributed by atoms with Crippen molar-refractivity contribution in [2.24, 2.45) is 0 Å². The molecule has 1 atom stereocenters. The number of nitrogens with zero attached hydrogens (tertiary/aromatic N) is 5. The van der Waals surface area contributed by atoms with Gasteiger partial charge in [-0.3, -0.25) is 14.9 Å². The van der Waals surface area contributed by atoms with E-state index in [0.717, 1.165) is 17.9 Å². The highest BCUT2D eigenvalue weighted by molar-refractivity contribution is 5.64. The number of hydrogen-bond donors (Lipinski definition) is 0. The van der Waals surface area contributed by atoms with E-state index in [-0.39, 0.29) is 0 Å². The van der Waals surface area contributed by atoms with Crippen molar-refractivity contribution in [3.8, 4) is 0 Å². The Morgan fingerprint density at radius 2 is 1.93 bits per heavy atom. The summed E-state index contributed by atoms with van der Waals surface area (Å²) >= 11 is 0. The Hall–Kier alpha value is -2.40. The van der Waals surface area contributed by atoms with Gasteiger partial charge in [0.1, 0.15) is 11.9 Å². The molecule has 0 spiro atoms. The second-order valence-corrected chi connectivity index (χ2v) is 6.80. The van der Waals surface area contributed by atoms with Gasteiger partial charge < -0.3 is 0 Å². The van der Waals surface area contributed by atoms with E-state index < -0.39 is 16.0 Å². The van der Waals surface area contributed by atoms with Crippen molar-refractivity contribution in [3.63, 3.8) is 0 Å². The monoisotopic (exact) mass is 391 g/mol. The molecule has 0 N–H and O–H groups in total. The van der Waals surface area contributed by atoms with E-state index in [1.165, 1.54) is 5.70 Å². The highest BCUT2D eigenvalue weighted by Crippen LogP contribution is 2.39. The Kier molecular flexibility index (Phi) is 5.24. The molecule has 0 saturated carbocycles. The normalized spacial score (nSPS) is 20.6. The summed E-state index contributed by atoms with van der Waals surface area (Å²) < 4.78 is 36.2. The van der Waals surface area contributed by atoms with E-state index in [9.17, 15) is 0 Å². The zero-order chi connectivity index (χ0) is 19.7. The molecule has 0 aromatic carbocycles. The molecular formula is C17H18ClN5O4. The Morgan fingerprint density at radius 1 is 1.19 bits per heavy atom. The van der Waals surface area contributed by atoms with Gasteiger partial charge in [0.2, 0.25) is 0 Å². The third kappa shape index (κ3) is 3.56. The second kappa shape index (κ2) is 7.31. The summed E-state index contributed by atoms with van der Waals surface area (Å²) in [6.07, 6.45) is 14.1. The fourth-order valence-corrected chi connectivity index (χ4v) is 3.49. The summed E-state index contributed by atoms with van der Waals surface area (Å²) in [4.78, 5) is 13.6. The summed E-state index contributed by atoms with van der Waals surface area (Å²) in [6, 6.07) is 6.07. The average Bonchev–Trinajstić information content (AvgIpc) is 2.93. The fourth-order valence-electron chi connectivity index (χ4n) is 3.49. The van der Waals surface area contributed by atoms with Crippen LogP contribution in [0.5, 0.6) is 0 Å². The van der Waals surface area contributed by atoms with Gasteiger partial charge in [0.15, 0.2) is 11.9 Å². The summed E-state index contributed by atoms with van der Waals surface area (Å²) in [7, 11) is -0.764. The van der Waals surface area contributed by atoms with Gasteiger partial charge in [-0.05, 0) is 32.3 Å². The molecule has 27 heavy (non-hydrogen) atoms. The minimum Gasteiger partial charge on any atom is -0.282 e. The first-order valence-corrected chi connectivity index (χ1v) is 9.21. The van der Waals surface area contributed by atoms with Crippen LogP contribution in [0.4, 0.5) is 0 Å². The third-order valence-electron chi connectivity index (χ3n) is 4.33. The first-order valence-electron chi connectivity index (χ1n) is 7.98. The summed E-state index contributed by atoms with van der Waals surface area (Å²) in [5, 5.41) is 0. The molecule has 2 aromatic rings. The van der Waals surface area contributed by atoms with Crippen molar-refractivity contribution in [1.29, 1.82) is 0 Å². The number of aromatic nitrogens is 3. The lowest BCUT2D eigenvalue weighted by atomic mass is 10.1. The van der Waals surface area contributed by atoms with Crippen molar-refractivity contribution in [3.05, 3.63) is 72.6 Å². The average molecular weight is 392 g/mol. The molecule has 2 aromatic heterocycles. The maximum atomic E-state index is 8.49. The van der Waals surface area contributed by atoms with Gasteiger partial charge in [-0.1, -0.05) is 18.2 Å². The van der Waals surface area contributed by atoms with E-state index in [2.05, 4.69) is 62.7 Å². The second-order valence-electron chi connectivity index (χ2n) is 6.05. The van der Waals surface area contributed by atoms with Crippen LogP contribution in [0.1, 0.15) is 11.4 Å². The van der Waals surface area contributed by atoms with Crippen molar-refractivity contribution >= 4 is 5.70 Å². The lowest BCUT2D eigenvalue weighted by Crippen LogP contribution is -2.69. The zero-order valence-electron chi connectivity index (χ0n) is 14.7. The van der Waals surface area contributed by atoms with Crippen LogP contribution in [0.15, 0.2) is 61.2 Å². The number of rotatable bonds is 2. The fraction of sp³-hybridized carbons (Fsp3) is 0.235. The summed E-state index contributed by atoms with van der Waals surface area (Å²) in [6.45, 7) is 0.836. The topological polar surface area (TPSA) is 128 Å². The van der Waals surface area contributed by atoms with Crippen LogP contribution in [0.3, 0.4) is 0 Å². The van der Waals surface area contributed by atoms with Crippen molar-refractivity contribution in [2.45, 2.75) is 5.79 Å². The minimum absolute atomic E-state index is 0.476. The third-order valence-corrected chi connectivity index (χ3v) is 4.33. The quantitative estimate of drug-likeness (QED) is 0.481. The molecule has 142 valence electrons. The van der Waals surface area contributed by atoms with E-state index in [4.69, 9.17) is 18.6 Å². The Morgan fingerprint density at radius 3 is 2.56 bits per heavy atom. The molecule has 0 saturated heterocycles. The first kappa shape index (κ1) is 19.4. The molecule has 9 nitrogen and oxygen atoms in total. The van der Waals surface area contributed by atoms with Gasteiger partial charge in [-0.15, -0.1) is 14.8 Å². The molecule has 4 heterocycles. The lowest BCUT2D eigenvalue weighted by Gasteiger charge is -2.38. The van der Waals surface area contributed by atoms with E-state index >= 15 is 0 Å². The molecule has 0 bridgehead atoms. The van der Waals surface area contributed by atoms with Crippen LogP contribution in [-0.2, 0) is 5.79 Å². The number of hydrogen-bond acceptors (Lipinski definition) is 8. The molecule has 10 heteroatoms. The van der Waals surface area contributed by atoms with Crippen LogP contribution in [-0.4, -0.2) is 40.4 Å². The molecule has 0 radical (unpaired) electrons. The smallest absolute Gasteiger partial charge is 0.282 e. The van der Waals surface area contributed by atoms with Crippen molar-refractivity contribution in [2.75, 3.05) is 20.6 Å². The molecule has 1 unspecified atom stereocenters. The Balaban J connectivity index is 0.000000376.